The second-order valence-electron chi connectivity index (χ2n) is 6.12. The van der Waals surface area contributed by atoms with Crippen LogP contribution < -0.4 is 5.32 Å². The third-order valence-electron chi connectivity index (χ3n) is 3.86. The molecule has 1 amide bonds. The normalized spacial score (nSPS) is 19.2. The highest BCUT2D eigenvalue weighted by Crippen LogP contribution is 2.21. The van der Waals surface area contributed by atoms with Crippen molar-refractivity contribution in [3.05, 3.63) is 10.6 Å². The first-order chi connectivity index (χ1) is 10.1. The number of nitrogens with zero attached hydrogens (tertiary/aromatic N) is 3. The van der Waals surface area contributed by atoms with E-state index in [0.29, 0.717) is 12.0 Å². The van der Waals surface area contributed by atoms with E-state index in [0.717, 1.165) is 49.5 Å². The zero-order chi connectivity index (χ0) is 15.2. The molecule has 1 fully saturated rings. The number of aryl methyl sites for hydroxylation is 1. The number of hydrogen-bond acceptors (Lipinski definition) is 5. The van der Waals surface area contributed by atoms with Crippen LogP contribution in [0, 0.1) is 5.92 Å². The molecule has 0 aromatic carbocycles. The fourth-order valence-corrected chi connectivity index (χ4v) is 3.41. The van der Waals surface area contributed by atoms with Crippen molar-refractivity contribution in [1.29, 1.82) is 0 Å². The average molecular weight is 310 g/mol. The SMILES string of the molecule is CCCc1nnsc1C(=O)N1CCCC(CNC(C)C)C1. The number of piperidine rings is 1. The van der Waals surface area contributed by atoms with Crippen LogP contribution in [-0.4, -0.2) is 46.1 Å². The summed E-state index contributed by atoms with van der Waals surface area (Å²) in [5.74, 6) is 0.684. The zero-order valence-corrected chi connectivity index (χ0v) is 14.1. The van der Waals surface area contributed by atoms with Crippen molar-refractivity contribution in [3.8, 4) is 0 Å². The minimum absolute atomic E-state index is 0.127. The highest BCUT2D eigenvalue weighted by molar-refractivity contribution is 7.08. The molecule has 1 unspecified atom stereocenters. The molecule has 6 heteroatoms. The van der Waals surface area contributed by atoms with Gasteiger partial charge in [0.05, 0.1) is 5.69 Å². The number of likely N-dealkylation sites (tertiary alicyclic amines) is 1. The molecule has 0 aliphatic carbocycles. The highest BCUT2D eigenvalue weighted by atomic mass is 32.1. The molecular weight excluding hydrogens is 284 g/mol. The molecule has 21 heavy (non-hydrogen) atoms. The number of carbonyl (C=O) groups is 1. The molecule has 0 spiro atoms. The van der Waals surface area contributed by atoms with Crippen molar-refractivity contribution in [3.63, 3.8) is 0 Å². The van der Waals surface area contributed by atoms with Gasteiger partial charge in [-0.05, 0) is 43.3 Å². The topological polar surface area (TPSA) is 58.1 Å². The van der Waals surface area contributed by atoms with Gasteiger partial charge in [-0.25, -0.2) is 0 Å². The molecular formula is C15H26N4OS. The van der Waals surface area contributed by atoms with Gasteiger partial charge in [0.2, 0.25) is 0 Å². The highest BCUT2D eigenvalue weighted by Gasteiger charge is 2.27. The van der Waals surface area contributed by atoms with Crippen LogP contribution in [0.2, 0.25) is 0 Å². The summed E-state index contributed by atoms with van der Waals surface area (Å²) >= 11 is 1.24. The van der Waals surface area contributed by atoms with Crippen molar-refractivity contribution in [2.24, 2.45) is 5.92 Å². The molecule has 2 rings (SSSR count). The van der Waals surface area contributed by atoms with Crippen LogP contribution in [0.15, 0.2) is 0 Å². The molecule has 1 atom stereocenters. The van der Waals surface area contributed by atoms with Crippen LogP contribution in [0.5, 0.6) is 0 Å². The maximum absolute atomic E-state index is 12.7. The molecule has 1 saturated heterocycles. The molecule has 118 valence electrons. The summed E-state index contributed by atoms with van der Waals surface area (Å²) in [7, 11) is 0. The maximum atomic E-state index is 12.7. The monoisotopic (exact) mass is 310 g/mol. The van der Waals surface area contributed by atoms with E-state index in [2.05, 4.69) is 35.7 Å². The zero-order valence-electron chi connectivity index (χ0n) is 13.3. The molecule has 1 aromatic rings. The van der Waals surface area contributed by atoms with Crippen molar-refractivity contribution in [2.75, 3.05) is 19.6 Å². The summed E-state index contributed by atoms with van der Waals surface area (Å²) in [4.78, 5) is 15.4. The number of rotatable bonds is 6. The van der Waals surface area contributed by atoms with Gasteiger partial charge in [-0.1, -0.05) is 31.7 Å². The Balaban J connectivity index is 1.96. The molecule has 0 radical (unpaired) electrons. The first kappa shape index (κ1) is 16.4. The lowest BCUT2D eigenvalue weighted by atomic mass is 9.97. The third-order valence-corrected chi connectivity index (χ3v) is 4.61. The van der Waals surface area contributed by atoms with Crippen molar-refractivity contribution in [2.45, 2.75) is 52.5 Å². The van der Waals surface area contributed by atoms with E-state index in [4.69, 9.17) is 0 Å². The second-order valence-corrected chi connectivity index (χ2v) is 6.88. The van der Waals surface area contributed by atoms with E-state index in [9.17, 15) is 4.79 Å². The predicted molar refractivity (Wildman–Crippen MR) is 85.7 cm³/mol. The first-order valence-electron chi connectivity index (χ1n) is 7.95. The van der Waals surface area contributed by atoms with E-state index in [1.807, 2.05) is 4.90 Å². The Morgan fingerprint density at radius 3 is 3.05 bits per heavy atom. The van der Waals surface area contributed by atoms with E-state index >= 15 is 0 Å². The Bertz CT molecular complexity index is 460. The van der Waals surface area contributed by atoms with E-state index in [-0.39, 0.29) is 5.91 Å². The van der Waals surface area contributed by atoms with E-state index in [1.54, 1.807) is 0 Å². The molecule has 0 saturated carbocycles. The predicted octanol–water partition coefficient (Wildman–Crippen LogP) is 2.34. The van der Waals surface area contributed by atoms with Crippen LogP contribution in [0.25, 0.3) is 0 Å². The quantitative estimate of drug-likeness (QED) is 0.876. The van der Waals surface area contributed by atoms with Crippen LogP contribution >= 0.6 is 11.5 Å². The summed E-state index contributed by atoms with van der Waals surface area (Å²) < 4.78 is 3.97. The number of amides is 1. The summed E-state index contributed by atoms with van der Waals surface area (Å²) in [6.07, 6.45) is 4.12. The van der Waals surface area contributed by atoms with Gasteiger partial charge >= 0.3 is 0 Å². The van der Waals surface area contributed by atoms with Gasteiger partial charge in [0, 0.05) is 19.1 Å². The van der Waals surface area contributed by atoms with Crippen LogP contribution in [0.1, 0.15) is 55.4 Å². The average Bonchev–Trinajstić information content (AvgIpc) is 2.93. The van der Waals surface area contributed by atoms with Crippen LogP contribution in [0.3, 0.4) is 0 Å². The van der Waals surface area contributed by atoms with Gasteiger partial charge in [-0.3, -0.25) is 4.79 Å². The summed E-state index contributed by atoms with van der Waals surface area (Å²) in [6.45, 7) is 9.12. The summed E-state index contributed by atoms with van der Waals surface area (Å²) in [5, 5.41) is 7.59. The smallest absolute Gasteiger partial charge is 0.267 e. The summed E-state index contributed by atoms with van der Waals surface area (Å²) in [6, 6.07) is 0.498. The first-order valence-corrected chi connectivity index (χ1v) is 8.73. The van der Waals surface area contributed by atoms with Crippen LogP contribution in [-0.2, 0) is 6.42 Å². The number of carbonyl (C=O) groups excluding carboxylic acids is 1. The third kappa shape index (κ3) is 4.48. The molecule has 1 aromatic heterocycles. The number of nitrogens with one attached hydrogen (secondary N) is 1. The minimum atomic E-state index is 0.127. The van der Waals surface area contributed by atoms with E-state index < -0.39 is 0 Å². The Labute approximate surface area is 131 Å². The van der Waals surface area contributed by atoms with Gasteiger partial charge in [0.1, 0.15) is 4.88 Å². The van der Waals surface area contributed by atoms with Gasteiger partial charge in [0.25, 0.3) is 5.91 Å². The molecule has 1 N–H and O–H groups in total. The lowest BCUT2D eigenvalue weighted by molar-refractivity contribution is 0.0676. The molecule has 1 aliphatic heterocycles. The number of hydrogen-bond donors (Lipinski definition) is 1. The van der Waals surface area contributed by atoms with Gasteiger partial charge in [-0.15, -0.1) is 5.10 Å². The summed E-state index contributed by atoms with van der Waals surface area (Å²) in [5.41, 5.74) is 0.870. The fraction of sp³-hybridized carbons (Fsp3) is 0.800. The Morgan fingerprint density at radius 1 is 1.52 bits per heavy atom. The maximum Gasteiger partial charge on any atom is 0.267 e. The lowest BCUT2D eigenvalue weighted by Crippen LogP contribution is -2.43. The minimum Gasteiger partial charge on any atom is -0.338 e. The molecule has 1 aliphatic rings. The van der Waals surface area contributed by atoms with Crippen molar-refractivity contribution >= 4 is 17.4 Å². The number of aromatic nitrogens is 2. The van der Waals surface area contributed by atoms with Crippen molar-refractivity contribution < 1.29 is 4.79 Å². The second kappa shape index (κ2) is 7.84. The standard InChI is InChI=1S/C15H26N4OS/c1-4-6-13-14(21-18-17-13)15(20)19-8-5-7-12(10-19)9-16-11(2)3/h11-12,16H,4-10H2,1-3H3. The Hall–Kier alpha value is -1.01. The van der Waals surface area contributed by atoms with Crippen molar-refractivity contribution in [1.82, 2.24) is 19.8 Å². The van der Waals surface area contributed by atoms with Gasteiger partial charge < -0.3 is 10.2 Å². The molecule has 5 nitrogen and oxygen atoms in total. The Morgan fingerprint density at radius 2 is 2.33 bits per heavy atom. The molecule has 0 bridgehead atoms. The van der Waals surface area contributed by atoms with Gasteiger partial charge in [-0.2, -0.15) is 0 Å². The van der Waals surface area contributed by atoms with Gasteiger partial charge in [0.15, 0.2) is 0 Å². The fourth-order valence-electron chi connectivity index (χ4n) is 2.73. The molecule has 2 heterocycles. The largest absolute Gasteiger partial charge is 0.338 e. The lowest BCUT2D eigenvalue weighted by Gasteiger charge is -2.33. The Kier molecular flexibility index (Phi) is 6.11. The van der Waals surface area contributed by atoms with Crippen LogP contribution in [0.4, 0.5) is 0 Å². The van der Waals surface area contributed by atoms with E-state index in [1.165, 1.54) is 18.0 Å².